The molecular formula is C16H12F2N2O2S. The number of ketones is 1. The number of aryl methyl sites for hydroxylation is 1. The van der Waals surface area contributed by atoms with Crippen LogP contribution < -0.4 is 0 Å². The predicted octanol–water partition coefficient (Wildman–Crippen LogP) is 3.82. The van der Waals surface area contributed by atoms with Crippen LogP contribution in [0.4, 0.5) is 8.78 Å². The van der Waals surface area contributed by atoms with Crippen molar-refractivity contribution in [2.24, 2.45) is 5.41 Å². The lowest BCUT2D eigenvalue weighted by Crippen LogP contribution is -2.29. The number of Topliss-reactive ketones (excluding diaryl/α,β-unsaturated/α-hetero) is 1. The number of hydrogen-bond donors (Lipinski definition) is 1. The van der Waals surface area contributed by atoms with Crippen molar-refractivity contribution < 1.29 is 18.7 Å². The van der Waals surface area contributed by atoms with Crippen molar-refractivity contribution in [1.82, 2.24) is 4.98 Å². The number of fused-ring (bicyclic) bond motifs is 1. The van der Waals surface area contributed by atoms with Gasteiger partial charge in [0.2, 0.25) is 0 Å². The van der Waals surface area contributed by atoms with Crippen molar-refractivity contribution in [3.63, 3.8) is 0 Å². The molecule has 0 saturated carbocycles. The second-order valence-electron chi connectivity index (χ2n) is 6.06. The zero-order valence-electron chi connectivity index (χ0n) is 12.4. The molecule has 0 bridgehead atoms. The third-order valence-corrected chi connectivity index (χ3v) is 5.17. The number of phenolic OH excluding ortho intramolecular Hbond substituents is 1. The van der Waals surface area contributed by atoms with Gasteiger partial charge in [0.25, 0.3) is 0 Å². The van der Waals surface area contributed by atoms with Crippen LogP contribution in [0, 0.1) is 28.4 Å². The van der Waals surface area contributed by atoms with Gasteiger partial charge in [-0.25, -0.2) is 13.8 Å². The zero-order valence-corrected chi connectivity index (χ0v) is 13.2. The quantitative estimate of drug-likeness (QED) is 0.860. The molecule has 1 aromatic carbocycles. The molecule has 0 atom stereocenters. The second-order valence-corrected chi connectivity index (χ2v) is 7.06. The smallest absolute Gasteiger partial charge is 0.189 e. The molecule has 1 N–H and O–H groups in total. The van der Waals surface area contributed by atoms with Crippen molar-refractivity contribution in [3.05, 3.63) is 33.8 Å². The summed E-state index contributed by atoms with van der Waals surface area (Å²) in [5.74, 6) is -3.73. The van der Waals surface area contributed by atoms with E-state index in [2.05, 4.69) is 4.98 Å². The van der Waals surface area contributed by atoms with E-state index in [0.29, 0.717) is 23.4 Å². The first-order chi connectivity index (χ1) is 10.8. The van der Waals surface area contributed by atoms with Gasteiger partial charge in [-0.2, -0.15) is 5.26 Å². The van der Waals surface area contributed by atoms with Gasteiger partial charge < -0.3 is 5.11 Å². The number of carbonyl (C=O) groups is 1. The maximum absolute atomic E-state index is 13.9. The first-order valence-electron chi connectivity index (χ1n) is 6.92. The molecule has 0 amide bonds. The number of carbonyl (C=O) groups excluding carboxylic acids is 1. The average molecular weight is 334 g/mol. The van der Waals surface area contributed by atoms with Crippen LogP contribution >= 0.6 is 11.3 Å². The maximum Gasteiger partial charge on any atom is 0.189 e. The molecule has 0 spiro atoms. The predicted molar refractivity (Wildman–Crippen MR) is 80.3 cm³/mol. The van der Waals surface area contributed by atoms with Gasteiger partial charge >= 0.3 is 0 Å². The standard InChI is InChI=1S/C16H12F2N2O2S/c1-16(2)4-3-10-13(14(16)22)23-15(20-10)7-5-9(17)12(21)11(18)8(7)6-19/h5,21H,3-4H2,1-2H3. The Kier molecular flexibility index (Phi) is 3.45. The molecule has 23 heavy (non-hydrogen) atoms. The minimum Gasteiger partial charge on any atom is -0.503 e. The molecule has 0 aliphatic heterocycles. The number of aromatic nitrogens is 1. The number of rotatable bonds is 1. The fourth-order valence-electron chi connectivity index (χ4n) is 2.55. The number of hydrogen-bond acceptors (Lipinski definition) is 5. The van der Waals surface area contributed by atoms with E-state index in [-0.39, 0.29) is 16.4 Å². The van der Waals surface area contributed by atoms with E-state index >= 15 is 0 Å². The van der Waals surface area contributed by atoms with E-state index < -0.39 is 28.4 Å². The lowest BCUT2D eigenvalue weighted by Gasteiger charge is -2.26. The highest BCUT2D eigenvalue weighted by Gasteiger charge is 2.37. The van der Waals surface area contributed by atoms with Gasteiger partial charge in [-0.3, -0.25) is 4.79 Å². The van der Waals surface area contributed by atoms with E-state index in [1.165, 1.54) is 0 Å². The minimum atomic E-state index is -1.32. The second kappa shape index (κ2) is 5.10. The number of aromatic hydroxyl groups is 1. The Hall–Kier alpha value is -2.33. The van der Waals surface area contributed by atoms with Gasteiger partial charge in [-0.15, -0.1) is 11.3 Å². The fourth-order valence-corrected chi connectivity index (χ4v) is 3.81. The number of benzene rings is 1. The summed E-state index contributed by atoms with van der Waals surface area (Å²) in [5.41, 5.74) is -0.445. The molecule has 1 aliphatic carbocycles. The third-order valence-electron chi connectivity index (χ3n) is 4.04. The van der Waals surface area contributed by atoms with Gasteiger partial charge in [-0.05, 0) is 18.9 Å². The van der Waals surface area contributed by atoms with Crippen LogP contribution in [0.2, 0.25) is 0 Å². The van der Waals surface area contributed by atoms with Crippen LogP contribution in [-0.2, 0) is 6.42 Å². The molecule has 1 aromatic heterocycles. The lowest BCUT2D eigenvalue weighted by atomic mass is 9.78. The summed E-state index contributed by atoms with van der Waals surface area (Å²) < 4.78 is 27.5. The molecule has 3 rings (SSSR count). The van der Waals surface area contributed by atoms with Crippen LogP contribution in [0.1, 0.15) is 41.2 Å². The van der Waals surface area contributed by atoms with Crippen LogP contribution in [-0.4, -0.2) is 15.9 Å². The Morgan fingerprint density at radius 3 is 2.78 bits per heavy atom. The Balaban J connectivity index is 2.20. The molecule has 0 fully saturated rings. The van der Waals surface area contributed by atoms with Gasteiger partial charge in [0.1, 0.15) is 16.6 Å². The summed E-state index contributed by atoms with van der Waals surface area (Å²) in [6.07, 6.45) is 1.24. The molecule has 1 aliphatic rings. The van der Waals surface area contributed by atoms with E-state index in [9.17, 15) is 18.7 Å². The molecule has 0 radical (unpaired) electrons. The number of thiazole rings is 1. The normalized spacial score (nSPS) is 16.0. The Morgan fingerprint density at radius 1 is 1.43 bits per heavy atom. The summed E-state index contributed by atoms with van der Waals surface area (Å²) in [4.78, 5) is 17.2. The summed E-state index contributed by atoms with van der Waals surface area (Å²) >= 11 is 1.02. The molecule has 2 aromatic rings. The molecule has 1 heterocycles. The van der Waals surface area contributed by atoms with Gasteiger partial charge in [0.15, 0.2) is 23.2 Å². The number of halogens is 2. The first-order valence-corrected chi connectivity index (χ1v) is 7.74. The maximum atomic E-state index is 13.9. The van der Waals surface area contributed by atoms with Crippen molar-refractivity contribution in [1.29, 1.82) is 5.26 Å². The summed E-state index contributed by atoms with van der Waals surface area (Å²) in [5, 5.41) is 18.6. The van der Waals surface area contributed by atoms with E-state index in [1.54, 1.807) is 6.07 Å². The highest BCUT2D eigenvalue weighted by Crippen LogP contribution is 2.41. The highest BCUT2D eigenvalue weighted by atomic mass is 32.1. The third kappa shape index (κ3) is 2.30. The topological polar surface area (TPSA) is 74.0 Å². The average Bonchev–Trinajstić information content (AvgIpc) is 2.93. The van der Waals surface area contributed by atoms with E-state index in [4.69, 9.17) is 5.26 Å². The molecule has 0 saturated heterocycles. The molecule has 118 valence electrons. The Morgan fingerprint density at radius 2 is 2.13 bits per heavy atom. The molecule has 7 heteroatoms. The highest BCUT2D eigenvalue weighted by molar-refractivity contribution is 7.17. The molecule has 4 nitrogen and oxygen atoms in total. The lowest BCUT2D eigenvalue weighted by molar-refractivity contribution is 0.0815. The van der Waals surface area contributed by atoms with Crippen LogP contribution in [0.5, 0.6) is 5.75 Å². The van der Waals surface area contributed by atoms with Crippen molar-refractivity contribution in [3.8, 4) is 22.4 Å². The van der Waals surface area contributed by atoms with E-state index in [1.807, 2.05) is 13.8 Å². The summed E-state index contributed by atoms with van der Waals surface area (Å²) in [7, 11) is 0. The van der Waals surface area contributed by atoms with Gasteiger partial charge in [0.05, 0.1) is 10.6 Å². The van der Waals surface area contributed by atoms with Gasteiger partial charge in [-0.1, -0.05) is 13.8 Å². The Labute approximate surface area is 135 Å². The van der Waals surface area contributed by atoms with Crippen LogP contribution in [0.15, 0.2) is 6.07 Å². The number of nitrogens with zero attached hydrogens (tertiary/aromatic N) is 2. The zero-order chi connectivity index (χ0) is 16.9. The van der Waals surface area contributed by atoms with Crippen LogP contribution in [0.3, 0.4) is 0 Å². The fraction of sp³-hybridized carbons (Fsp3) is 0.312. The first kappa shape index (κ1) is 15.6. The Bertz CT molecular complexity index is 881. The number of nitriles is 1. The van der Waals surface area contributed by atoms with Crippen molar-refractivity contribution in [2.45, 2.75) is 26.7 Å². The van der Waals surface area contributed by atoms with Crippen LogP contribution in [0.25, 0.3) is 10.6 Å². The van der Waals surface area contributed by atoms with E-state index in [0.717, 1.165) is 17.4 Å². The van der Waals surface area contributed by atoms with Gasteiger partial charge in [0, 0.05) is 11.0 Å². The summed E-state index contributed by atoms with van der Waals surface area (Å²) in [6, 6.07) is 2.49. The monoisotopic (exact) mass is 334 g/mol. The minimum absolute atomic E-state index is 0.0506. The van der Waals surface area contributed by atoms with Crippen molar-refractivity contribution in [2.75, 3.05) is 0 Å². The summed E-state index contributed by atoms with van der Waals surface area (Å²) in [6.45, 7) is 3.69. The van der Waals surface area contributed by atoms with Crippen molar-refractivity contribution >= 4 is 17.1 Å². The molecular weight excluding hydrogens is 322 g/mol. The number of phenols is 1. The molecule has 0 unspecified atom stereocenters. The SMILES string of the molecule is CC1(C)CCc2nc(-c3cc(F)c(O)c(F)c3C#N)sc2C1=O. The largest absolute Gasteiger partial charge is 0.503 e.